The van der Waals surface area contributed by atoms with Crippen LogP contribution in [0, 0.1) is 18.2 Å². The van der Waals surface area contributed by atoms with Crippen molar-refractivity contribution >= 4 is 11.6 Å². The van der Waals surface area contributed by atoms with Crippen LogP contribution in [-0.2, 0) is 4.79 Å². The second-order valence-corrected chi connectivity index (χ2v) is 5.69. The monoisotopic (exact) mass is 250 g/mol. The summed E-state index contributed by atoms with van der Waals surface area (Å²) in [4.78, 5) is 11.7. The van der Waals surface area contributed by atoms with E-state index in [0.717, 1.165) is 18.4 Å². The van der Waals surface area contributed by atoms with Crippen LogP contribution in [0.4, 0.5) is 10.1 Å². The largest absolute Gasteiger partial charge is 0.371 e. The summed E-state index contributed by atoms with van der Waals surface area (Å²) in [6.07, 6.45) is 1.90. The van der Waals surface area contributed by atoms with E-state index < -0.39 is 11.4 Å². The van der Waals surface area contributed by atoms with Crippen LogP contribution >= 0.6 is 0 Å². The highest BCUT2D eigenvalue weighted by Crippen LogP contribution is 2.54. The smallest absolute Gasteiger partial charge is 0.243 e. The molecule has 0 aliphatic heterocycles. The van der Waals surface area contributed by atoms with Gasteiger partial charge in [-0.1, -0.05) is 6.92 Å². The molecule has 1 aromatic carbocycles. The molecule has 18 heavy (non-hydrogen) atoms. The quantitative estimate of drug-likeness (QED) is 0.863. The van der Waals surface area contributed by atoms with E-state index in [1.807, 2.05) is 19.9 Å². The Balaban J connectivity index is 2.32. The molecular formula is C14H19FN2O. The first-order valence-corrected chi connectivity index (χ1v) is 6.12. The second kappa shape index (κ2) is 3.97. The number of amides is 1. The summed E-state index contributed by atoms with van der Waals surface area (Å²) < 4.78 is 13.4. The number of primary amides is 1. The van der Waals surface area contributed by atoms with Gasteiger partial charge in [-0.15, -0.1) is 0 Å². The zero-order chi connectivity index (χ0) is 13.6. The highest BCUT2D eigenvalue weighted by atomic mass is 19.1. The number of halogens is 1. The minimum atomic E-state index is -0.840. The standard InChI is InChI=1S/C14H19FN2O/c1-9-6-10(15)8-11(7-9)17-14(3,12(16)18)13(2)4-5-13/h6-8,17H,4-5H2,1-3H3,(H2,16,18). The number of hydrogen-bond donors (Lipinski definition) is 2. The molecule has 0 radical (unpaired) electrons. The molecule has 1 unspecified atom stereocenters. The van der Waals surface area contributed by atoms with Crippen LogP contribution in [-0.4, -0.2) is 11.4 Å². The van der Waals surface area contributed by atoms with Crippen molar-refractivity contribution in [1.29, 1.82) is 0 Å². The average Bonchev–Trinajstić information content (AvgIpc) is 2.95. The van der Waals surface area contributed by atoms with Crippen molar-refractivity contribution < 1.29 is 9.18 Å². The molecule has 4 heteroatoms. The van der Waals surface area contributed by atoms with Gasteiger partial charge in [0.25, 0.3) is 0 Å². The van der Waals surface area contributed by atoms with Crippen LogP contribution in [0.2, 0.25) is 0 Å². The van der Waals surface area contributed by atoms with Crippen molar-refractivity contribution in [3.63, 3.8) is 0 Å². The molecule has 0 aromatic heterocycles. The summed E-state index contributed by atoms with van der Waals surface area (Å²) in [6.45, 7) is 5.63. The number of benzene rings is 1. The molecule has 0 saturated heterocycles. The number of anilines is 1. The summed E-state index contributed by atoms with van der Waals surface area (Å²) in [7, 11) is 0. The molecule has 98 valence electrons. The number of rotatable bonds is 4. The van der Waals surface area contributed by atoms with Gasteiger partial charge in [-0.05, 0) is 55.9 Å². The molecule has 0 bridgehead atoms. The van der Waals surface area contributed by atoms with Gasteiger partial charge in [0.05, 0.1) is 0 Å². The van der Waals surface area contributed by atoms with Crippen LogP contribution in [0.25, 0.3) is 0 Å². The summed E-state index contributed by atoms with van der Waals surface area (Å²) >= 11 is 0. The number of hydrogen-bond acceptors (Lipinski definition) is 2. The average molecular weight is 250 g/mol. The molecule has 1 atom stereocenters. The van der Waals surface area contributed by atoms with Crippen LogP contribution in [0.5, 0.6) is 0 Å². The molecule has 3 nitrogen and oxygen atoms in total. The minimum absolute atomic E-state index is 0.140. The first kappa shape index (κ1) is 12.9. The van der Waals surface area contributed by atoms with Gasteiger partial charge < -0.3 is 11.1 Å². The van der Waals surface area contributed by atoms with Gasteiger partial charge in [-0.3, -0.25) is 4.79 Å². The number of nitrogens with one attached hydrogen (secondary N) is 1. The Labute approximate surface area is 107 Å². The molecular weight excluding hydrogens is 231 g/mol. The van der Waals surface area contributed by atoms with Gasteiger partial charge in [0.1, 0.15) is 11.4 Å². The van der Waals surface area contributed by atoms with Crippen LogP contribution < -0.4 is 11.1 Å². The summed E-state index contributed by atoms with van der Waals surface area (Å²) in [5.41, 5.74) is 5.96. The Morgan fingerprint density at radius 1 is 1.44 bits per heavy atom. The summed E-state index contributed by atoms with van der Waals surface area (Å²) in [5.74, 6) is -0.713. The number of aryl methyl sites for hydroxylation is 1. The lowest BCUT2D eigenvalue weighted by atomic mass is 9.82. The Hall–Kier alpha value is -1.58. The van der Waals surface area contributed by atoms with Crippen molar-refractivity contribution in [2.24, 2.45) is 11.1 Å². The van der Waals surface area contributed by atoms with E-state index in [1.165, 1.54) is 12.1 Å². The van der Waals surface area contributed by atoms with Crippen molar-refractivity contribution in [3.05, 3.63) is 29.6 Å². The molecule has 1 fully saturated rings. The van der Waals surface area contributed by atoms with Gasteiger partial charge in [0.2, 0.25) is 5.91 Å². The van der Waals surface area contributed by atoms with Crippen LogP contribution in [0.1, 0.15) is 32.3 Å². The fraction of sp³-hybridized carbons (Fsp3) is 0.500. The van der Waals surface area contributed by atoms with Gasteiger partial charge >= 0.3 is 0 Å². The number of carbonyl (C=O) groups is 1. The SMILES string of the molecule is Cc1cc(F)cc(NC(C)(C(N)=O)C2(C)CC2)c1. The van der Waals surface area contributed by atoms with E-state index in [4.69, 9.17) is 5.73 Å². The maximum Gasteiger partial charge on any atom is 0.243 e. The summed E-state index contributed by atoms with van der Waals surface area (Å²) in [6, 6.07) is 4.65. The van der Waals surface area contributed by atoms with Gasteiger partial charge in [-0.25, -0.2) is 4.39 Å². The van der Waals surface area contributed by atoms with E-state index in [-0.39, 0.29) is 11.2 Å². The van der Waals surface area contributed by atoms with E-state index in [0.29, 0.717) is 5.69 Å². The fourth-order valence-electron chi connectivity index (χ4n) is 2.29. The van der Waals surface area contributed by atoms with E-state index in [1.54, 1.807) is 6.92 Å². The van der Waals surface area contributed by atoms with Crippen molar-refractivity contribution in [2.75, 3.05) is 5.32 Å². The Bertz CT molecular complexity index is 476. The van der Waals surface area contributed by atoms with Crippen molar-refractivity contribution in [1.82, 2.24) is 0 Å². The molecule has 2 rings (SSSR count). The normalized spacial score (nSPS) is 20.0. The van der Waals surface area contributed by atoms with Gasteiger partial charge in [0.15, 0.2) is 0 Å². The molecule has 1 aliphatic rings. The number of carbonyl (C=O) groups excluding carboxylic acids is 1. The molecule has 1 aliphatic carbocycles. The van der Waals surface area contributed by atoms with E-state index in [2.05, 4.69) is 5.32 Å². The fourth-order valence-corrected chi connectivity index (χ4v) is 2.29. The van der Waals surface area contributed by atoms with E-state index in [9.17, 15) is 9.18 Å². The van der Waals surface area contributed by atoms with Crippen molar-refractivity contribution in [3.8, 4) is 0 Å². The lowest BCUT2D eigenvalue weighted by molar-refractivity contribution is -0.123. The predicted octanol–water partition coefficient (Wildman–Crippen LogP) is 2.59. The van der Waals surface area contributed by atoms with Crippen molar-refractivity contribution in [2.45, 2.75) is 39.2 Å². The minimum Gasteiger partial charge on any atom is -0.371 e. The first-order chi connectivity index (χ1) is 8.27. The third-order valence-electron chi connectivity index (χ3n) is 4.14. The molecule has 0 heterocycles. The zero-order valence-electron chi connectivity index (χ0n) is 11.0. The third kappa shape index (κ3) is 2.07. The predicted molar refractivity (Wildman–Crippen MR) is 69.7 cm³/mol. The Morgan fingerprint density at radius 3 is 2.50 bits per heavy atom. The summed E-state index contributed by atoms with van der Waals surface area (Å²) in [5, 5.41) is 3.12. The Morgan fingerprint density at radius 2 is 2.06 bits per heavy atom. The third-order valence-corrected chi connectivity index (χ3v) is 4.14. The first-order valence-electron chi connectivity index (χ1n) is 6.12. The lowest BCUT2D eigenvalue weighted by Gasteiger charge is -2.35. The van der Waals surface area contributed by atoms with Crippen LogP contribution in [0.15, 0.2) is 18.2 Å². The number of nitrogens with two attached hydrogens (primary N) is 1. The molecule has 0 spiro atoms. The highest BCUT2D eigenvalue weighted by molar-refractivity contribution is 5.89. The Kier molecular flexibility index (Phi) is 2.84. The molecule has 1 aromatic rings. The highest BCUT2D eigenvalue weighted by Gasteiger charge is 2.56. The molecule has 3 N–H and O–H groups in total. The van der Waals surface area contributed by atoms with Gasteiger partial charge in [0, 0.05) is 5.69 Å². The maximum absolute atomic E-state index is 13.4. The lowest BCUT2D eigenvalue weighted by Crippen LogP contribution is -2.54. The van der Waals surface area contributed by atoms with Gasteiger partial charge in [-0.2, -0.15) is 0 Å². The topological polar surface area (TPSA) is 55.1 Å². The molecule has 1 saturated carbocycles. The zero-order valence-corrected chi connectivity index (χ0v) is 11.0. The van der Waals surface area contributed by atoms with E-state index >= 15 is 0 Å². The van der Waals surface area contributed by atoms with Crippen LogP contribution in [0.3, 0.4) is 0 Å². The molecule has 1 amide bonds. The maximum atomic E-state index is 13.4. The second-order valence-electron chi connectivity index (χ2n) is 5.69.